The molecule has 0 heterocycles. The zero-order chi connectivity index (χ0) is 14.9. The quantitative estimate of drug-likeness (QED) is 0.674. The number of hydrogen-bond acceptors (Lipinski definition) is 2. The molecule has 0 saturated heterocycles. The summed E-state index contributed by atoms with van der Waals surface area (Å²) in [6.45, 7) is 5.61. The van der Waals surface area contributed by atoms with Crippen LogP contribution in [0.5, 0.6) is 5.75 Å². The van der Waals surface area contributed by atoms with Gasteiger partial charge in [0.25, 0.3) is 0 Å². The summed E-state index contributed by atoms with van der Waals surface area (Å²) in [6.07, 6.45) is 0. The van der Waals surface area contributed by atoms with E-state index in [1.165, 1.54) is 5.56 Å². The van der Waals surface area contributed by atoms with Crippen LogP contribution in [0.2, 0.25) is 0 Å². The molecule has 2 rings (SSSR count). The average molecular weight is 304 g/mol. The topological polar surface area (TPSA) is 12.5 Å². The molecule has 0 N–H and O–H groups in total. The molecule has 0 spiro atoms. The maximum absolute atomic E-state index is 5.99. The van der Waals surface area contributed by atoms with E-state index < -0.39 is 0 Å². The van der Waals surface area contributed by atoms with Crippen LogP contribution < -0.4 is 4.74 Å². The maximum atomic E-state index is 5.99. The number of ether oxygens (including phenoxy) is 1. The lowest BCUT2D eigenvalue weighted by atomic mass is 10.1. The molecule has 0 bridgehead atoms. The van der Waals surface area contributed by atoms with Crippen molar-refractivity contribution in [2.75, 3.05) is 32.1 Å². The van der Waals surface area contributed by atoms with E-state index in [4.69, 9.17) is 16.3 Å². The van der Waals surface area contributed by atoms with Gasteiger partial charge in [0.1, 0.15) is 12.4 Å². The van der Waals surface area contributed by atoms with Crippen molar-refractivity contribution in [2.45, 2.75) is 6.92 Å². The molecule has 2 aromatic rings. The van der Waals surface area contributed by atoms with E-state index >= 15 is 0 Å². The van der Waals surface area contributed by atoms with Gasteiger partial charge in [0, 0.05) is 24.5 Å². The predicted octanol–water partition coefficient (Wildman–Crippen LogP) is 4.29. The summed E-state index contributed by atoms with van der Waals surface area (Å²) in [7, 11) is 0. The fraction of sp³-hybridized carbons (Fsp3) is 0.333. The number of halogens is 1. The molecule has 0 amide bonds. The van der Waals surface area contributed by atoms with Gasteiger partial charge in [-0.05, 0) is 18.2 Å². The highest BCUT2D eigenvalue weighted by molar-refractivity contribution is 6.18. The Balaban J connectivity index is 2.01. The van der Waals surface area contributed by atoms with E-state index in [0.29, 0.717) is 12.5 Å². The van der Waals surface area contributed by atoms with Gasteiger partial charge in [0.05, 0.1) is 0 Å². The van der Waals surface area contributed by atoms with E-state index in [1.54, 1.807) is 0 Å². The number of likely N-dealkylation sites (N-methyl/N-ethyl adjacent to an activating group) is 1. The lowest BCUT2D eigenvalue weighted by Gasteiger charge is -2.19. The summed E-state index contributed by atoms with van der Waals surface area (Å²) < 4.78 is 5.99. The van der Waals surface area contributed by atoms with Crippen LogP contribution >= 0.6 is 11.6 Å². The first-order valence-corrected chi connectivity index (χ1v) is 7.94. The molecule has 112 valence electrons. The molecule has 0 aliphatic rings. The normalized spacial score (nSPS) is 10.8. The van der Waals surface area contributed by atoms with Gasteiger partial charge in [-0.25, -0.2) is 0 Å². The van der Waals surface area contributed by atoms with Crippen LogP contribution in [0.25, 0.3) is 11.1 Å². The van der Waals surface area contributed by atoms with Gasteiger partial charge in [-0.1, -0.05) is 55.5 Å². The first kappa shape index (κ1) is 15.9. The second-order valence-corrected chi connectivity index (χ2v) is 5.21. The number of alkyl halides is 1. The Labute approximate surface area is 132 Å². The monoisotopic (exact) mass is 303 g/mol. The second kappa shape index (κ2) is 8.71. The lowest BCUT2D eigenvalue weighted by molar-refractivity contribution is 0.224. The Hall–Kier alpha value is -1.51. The van der Waals surface area contributed by atoms with Crippen molar-refractivity contribution >= 4 is 11.6 Å². The van der Waals surface area contributed by atoms with Crippen molar-refractivity contribution in [1.29, 1.82) is 0 Å². The molecule has 2 aromatic carbocycles. The van der Waals surface area contributed by atoms with Crippen LogP contribution in [0.1, 0.15) is 6.92 Å². The summed E-state index contributed by atoms with van der Waals surface area (Å²) in [5, 5.41) is 0. The Morgan fingerprint density at radius 1 is 0.952 bits per heavy atom. The van der Waals surface area contributed by atoms with E-state index in [2.05, 4.69) is 30.0 Å². The van der Waals surface area contributed by atoms with Gasteiger partial charge in [-0.15, -0.1) is 11.6 Å². The van der Waals surface area contributed by atoms with Gasteiger partial charge in [-0.3, -0.25) is 4.90 Å². The predicted molar refractivity (Wildman–Crippen MR) is 90.2 cm³/mol. The summed E-state index contributed by atoms with van der Waals surface area (Å²) in [4.78, 5) is 2.29. The number of rotatable bonds is 8. The Kier molecular flexibility index (Phi) is 6.58. The first-order valence-electron chi connectivity index (χ1n) is 7.40. The third-order valence-electron chi connectivity index (χ3n) is 3.48. The van der Waals surface area contributed by atoms with Crippen molar-refractivity contribution < 1.29 is 4.74 Å². The maximum Gasteiger partial charge on any atom is 0.127 e. The van der Waals surface area contributed by atoms with Crippen molar-refractivity contribution in [3.63, 3.8) is 0 Å². The Morgan fingerprint density at radius 3 is 2.38 bits per heavy atom. The molecule has 0 aliphatic heterocycles. The van der Waals surface area contributed by atoms with Gasteiger partial charge in [0.2, 0.25) is 0 Å². The second-order valence-electron chi connectivity index (χ2n) is 4.83. The van der Waals surface area contributed by atoms with Gasteiger partial charge >= 0.3 is 0 Å². The van der Waals surface area contributed by atoms with E-state index in [9.17, 15) is 0 Å². The van der Waals surface area contributed by atoms with Crippen LogP contribution in [0.15, 0.2) is 54.6 Å². The molecule has 0 fully saturated rings. The molecule has 21 heavy (non-hydrogen) atoms. The number of hydrogen-bond donors (Lipinski definition) is 0. The smallest absolute Gasteiger partial charge is 0.127 e. The Bertz CT molecular complexity index is 530. The molecule has 0 saturated carbocycles. The fourth-order valence-corrected chi connectivity index (χ4v) is 2.52. The molecule has 0 radical (unpaired) electrons. The Morgan fingerprint density at radius 2 is 1.67 bits per heavy atom. The molecule has 3 heteroatoms. The van der Waals surface area contributed by atoms with Crippen LogP contribution in [0, 0.1) is 0 Å². The minimum Gasteiger partial charge on any atom is -0.492 e. The third kappa shape index (κ3) is 4.76. The number of nitrogens with zero attached hydrogens (tertiary/aromatic N) is 1. The van der Waals surface area contributed by atoms with Gasteiger partial charge < -0.3 is 4.74 Å². The van der Waals surface area contributed by atoms with Gasteiger partial charge in [0.15, 0.2) is 0 Å². The van der Waals surface area contributed by atoms with Crippen LogP contribution in [-0.4, -0.2) is 37.0 Å². The highest BCUT2D eigenvalue weighted by Crippen LogP contribution is 2.29. The number of benzene rings is 2. The van der Waals surface area contributed by atoms with Crippen molar-refractivity contribution in [2.24, 2.45) is 0 Å². The standard InChI is InChI=1S/C18H22ClNO/c1-2-20(13-12-19)14-15-21-18-11-7-6-10-17(18)16-8-4-3-5-9-16/h3-11H,2,12-15H2,1H3. The van der Waals surface area contributed by atoms with Crippen LogP contribution in [0.3, 0.4) is 0 Å². The van der Waals surface area contributed by atoms with Crippen molar-refractivity contribution in [1.82, 2.24) is 4.90 Å². The molecule has 0 atom stereocenters. The van der Waals surface area contributed by atoms with Crippen molar-refractivity contribution in [3.05, 3.63) is 54.6 Å². The fourth-order valence-electron chi connectivity index (χ4n) is 2.28. The lowest BCUT2D eigenvalue weighted by Crippen LogP contribution is -2.30. The number of para-hydroxylation sites is 1. The molecule has 2 nitrogen and oxygen atoms in total. The van der Waals surface area contributed by atoms with Crippen LogP contribution in [0.4, 0.5) is 0 Å². The minimum absolute atomic E-state index is 0.661. The highest BCUT2D eigenvalue weighted by Gasteiger charge is 2.06. The highest BCUT2D eigenvalue weighted by atomic mass is 35.5. The molecule has 0 aromatic heterocycles. The molecular weight excluding hydrogens is 282 g/mol. The summed E-state index contributed by atoms with van der Waals surface area (Å²) >= 11 is 5.79. The average Bonchev–Trinajstić information content (AvgIpc) is 2.55. The summed E-state index contributed by atoms with van der Waals surface area (Å²) in [5.74, 6) is 1.60. The molecular formula is C18H22ClNO. The summed E-state index contributed by atoms with van der Waals surface area (Å²) in [5.41, 5.74) is 2.32. The van der Waals surface area contributed by atoms with Crippen molar-refractivity contribution in [3.8, 4) is 16.9 Å². The summed E-state index contributed by atoms with van der Waals surface area (Å²) in [6, 6.07) is 18.5. The van der Waals surface area contributed by atoms with E-state index in [0.717, 1.165) is 30.9 Å². The van der Waals surface area contributed by atoms with E-state index in [-0.39, 0.29) is 0 Å². The SMILES string of the molecule is CCN(CCCl)CCOc1ccccc1-c1ccccc1. The van der Waals surface area contributed by atoms with Gasteiger partial charge in [-0.2, -0.15) is 0 Å². The third-order valence-corrected chi connectivity index (χ3v) is 3.65. The molecule has 0 unspecified atom stereocenters. The zero-order valence-corrected chi connectivity index (χ0v) is 13.2. The van der Waals surface area contributed by atoms with Crippen LogP contribution in [-0.2, 0) is 0 Å². The van der Waals surface area contributed by atoms with E-state index in [1.807, 2.05) is 36.4 Å². The molecule has 0 aliphatic carbocycles. The zero-order valence-electron chi connectivity index (χ0n) is 12.5. The minimum atomic E-state index is 0.661. The largest absolute Gasteiger partial charge is 0.492 e. The first-order chi connectivity index (χ1) is 10.3.